The van der Waals surface area contributed by atoms with Crippen molar-refractivity contribution < 1.29 is 24.2 Å². The fraction of sp³-hybridized carbons (Fsp3) is 0.897. The van der Waals surface area contributed by atoms with Gasteiger partial charge in [0, 0.05) is 12.8 Å². The zero-order chi connectivity index (χ0) is 32.2. The van der Waals surface area contributed by atoms with Crippen molar-refractivity contribution in [2.24, 2.45) is 0 Å². The van der Waals surface area contributed by atoms with Gasteiger partial charge in [-0.2, -0.15) is 0 Å². The van der Waals surface area contributed by atoms with Crippen LogP contribution in [-0.4, -0.2) is 36.4 Å². The molecule has 0 radical (unpaired) electrons. The molecule has 0 aromatic heterocycles. The number of carbonyl (C=O) groups excluding carboxylic acids is 2. The van der Waals surface area contributed by atoms with Crippen LogP contribution in [0.4, 0.5) is 0 Å². The van der Waals surface area contributed by atoms with Crippen molar-refractivity contribution in [1.82, 2.24) is 0 Å². The summed E-state index contributed by atoms with van der Waals surface area (Å²) in [6, 6.07) is 0. The van der Waals surface area contributed by atoms with Crippen LogP contribution in [0.1, 0.15) is 206 Å². The highest BCUT2D eigenvalue weighted by atomic mass is 16.6. The van der Waals surface area contributed by atoms with Crippen molar-refractivity contribution in [1.29, 1.82) is 0 Å². The minimum Gasteiger partial charge on any atom is -0.463 e. The third-order valence-corrected chi connectivity index (χ3v) is 8.50. The molecule has 1 atom stereocenters. The van der Waals surface area contributed by atoms with Crippen molar-refractivity contribution in [3.8, 4) is 0 Å². The zero-order valence-electron chi connectivity index (χ0n) is 29.4. The molecular formula is C39H74O5. The molecule has 5 nitrogen and oxygen atoms in total. The lowest BCUT2D eigenvalue weighted by Gasteiger charge is -2.12. The van der Waals surface area contributed by atoms with E-state index >= 15 is 0 Å². The average molecular weight is 623 g/mol. The molecule has 0 amide bonds. The van der Waals surface area contributed by atoms with Crippen LogP contribution >= 0.6 is 0 Å². The van der Waals surface area contributed by atoms with Gasteiger partial charge in [-0.15, -0.1) is 0 Å². The number of esters is 2. The van der Waals surface area contributed by atoms with Gasteiger partial charge >= 0.3 is 11.9 Å². The van der Waals surface area contributed by atoms with Crippen molar-refractivity contribution in [2.75, 3.05) is 13.2 Å². The standard InChI is InChI=1S/C39H74O5/c1-3-5-7-9-11-13-15-16-17-18-19-20-21-22-24-26-28-30-32-34-39(42)44-36-37(40)35-43-38(41)33-31-29-27-25-23-14-12-10-8-6-4-2/h25,27,37,40H,3-24,26,28-36H2,1-2H3/b27-25-/t37-/m0/s1. The van der Waals surface area contributed by atoms with Crippen LogP contribution in [0.3, 0.4) is 0 Å². The number of rotatable bonds is 35. The molecule has 0 spiro atoms. The lowest BCUT2D eigenvalue weighted by Crippen LogP contribution is -2.25. The molecule has 260 valence electrons. The monoisotopic (exact) mass is 623 g/mol. The Balaban J connectivity index is 3.39. The fourth-order valence-electron chi connectivity index (χ4n) is 5.56. The zero-order valence-corrected chi connectivity index (χ0v) is 29.4. The third kappa shape index (κ3) is 35.1. The van der Waals surface area contributed by atoms with Gasteiger partial charge in [0.25, 0.3) is 0 Å². The normalized spacial score (nSPS) is 12.2. The lowest BCUT2D eigenvalue weighted by atomic mass is 10.0. The van der Waals surface area contributed by atoms with Crippen LogP contribution in [0.15, 0.2) is 12.2 Å². The van der Waals surface area contributed by atoms with E-state index in [0.717, 1.165) is 32.1 Å². The van der Waals surface area contributed by atoms with Crippen molar-refractivity contribution >= 4 is 11.9 Å². The molecule has 0 unspecified atom stereocenters. The summed E-state index contributed by atoms with van der Waals surface area (Å²) in [5.41, 5.74) is 0. The SMILES string of the molecule is CCCCCCCC/C=C\CCCC(=O)OC[C@H](O)COC(=O)CCCCCCCCCCCCCCCCCCCCC. The van der Waals surface area contributed by atoms with E-state index in [2.05, 4.69) is 26.0 Å². The molecule has 0 rings (SSSR count). The molecule has 0 aliphatic carbocycles. The van der Waals surface area contributed by atoms with Gasteiger partial charge in [0.1, 0.15) is 19.3 Å². The van der Waals surface area contributed by atoms with Gasteiger partial charge in [-0.1, -0.05) is 174 Å². The molecule has 5 heteroatoms. The van der Waals surface area contributed by atoms with Crippen LogP contribution in [0.2, 0.25) is 0 Å². The Morgan fingerprint density at radius 2 is 0.750 bits per heavy atom. The van der Waals surface area contributed by atoms with E-state index in [1.165, 1.54) is 148 Å². The summed E-state index contributed by atoms with van der Waals surface area (Å²) in [6.45, 7) is 4.27. The molecule has 0 bridgehead atoms. The highest BCUT2D eigenvalue weighted by molar-refractivity contribution is 5.69. The quantitative estimate of drug-likeness (QED) is 0.0432. The maximum absolute atomic E-state index is 11.9. The molecule has 0 aromatic carbocycles. The van der Waals surface area contributed by atoms with E-state index < -0.39 is 6.10 Å². The van der Waals surface area contributed by atoms with Gasteiger partial charge in [-0.25, -0.2) is 0 Å². The van der Waals surface area contributed by atoms with E-state index in [4.69, 9.17) is 9.47 Å². The highest BCUT2D eigenvalue weighted by Gasteiger charge is 2.12. The molecular weight excluding hydrogens is 548 g/mol. The molecule has 44 heavy (non-hydrogen) atoms. The maximum atomic E-state index is 11.9. The topological polar surface area (TPSA) is 72.8 Å². The van der Waals surface area contributed by atoms with Crippen LogP contribution in [-0.2, 0) is 19.1 Å². The van der Waals surface area contributed by atoms with Crippen LogP contribution < -0.4 is 0 Å². The van der Waals surface area contributed by atoms with E-state index in [-0.39, 0.29) is 25.2 Å². The first-order valence-corrected chi connectivity index (χ1v) is 19.2. The molecule has 0 saturated carbocycles. The Bertz CT molecular complexity index is 632. The van der Waals surface area contributed by atoms with Gasteiger partial charge < -0.3 is 14.6 Å². The fourth-order valence-corrected chi connectivity index (χ4v) is 5.56. The lowest BCUT2D eigenvalue weighted by molar-refractivity contribution is -0.152. The first kappa shape index (κ1) is 42.6. The Hall–Kier alpha value is -1.36. The van der Waals surface area contributed by atoms with Crippen LogP contribution in [0, 0.1) is 0 Å². The molecule has 0 heterocycles. The van der Waals surface area contributed by atoms with Gasteiger partial charge in [0.15, 0.2) is 0 Å². The average Bonchev–Trinajstić information content (AvgIpc) is 3.02. The van der Waals surface area contributed by atoms with E-state index in [1.54, 1.807) is 0 Å². The number of unbranched alkanes of at least 4 members (excludes halogenated alkanes) is 25. The second kappa shape index (κ2) is 36.1. The number of aliphatic hydroxyl groups is 1. The molecule has 0 aromatic rings. The van der Waals surface area contributed by atoms with Gasteiger partial charge in [-0.3, -0.25) is 9.59 Å². The summed E-state index contributed by atoms with van der Waals surface area (Å²) < 4.78 is 10.3. The first-order valence-electron chi connectivity index (χ1n) is 19.2. The summed E-state index contributed by atoms with van der Waals surface area (Å²) in [6.07, 6.45) is 39.9. The van der Waals surface area contributed by atoms with Gasteiger partial charge in [0.05, 0.1) is 0 Å². The number of ether oxygens (including phenoxy) is 2. The summed E-state index contributed by atoms with van der Waals surface area (Å²) in [5.74, 6) is -0.594. The number of hydrogen-bond acceptors (Lipinski definition) is 5. The number of hydrogen-bond donors (Lipinski definition) is 1. The second-order valence-electron chi connectivity index (χ2n) is 13.1. The minimum atomic E-state index is -0.967. The van der Waals surface area contributed by atoms with Crippen LogP contribution in [0.5, 0.6) is 0 Å². The smallest absolute Gasteiger partial charge is 0.305 e. The molecule has 0 saturated heterocycles. The minimum absolute atomic E-state index is 0.119. The number of carbonyl (C=O) groups is 2. The molecule has 1 N–H and O–H groups in total. The van der Waals surface area contributed by atoms with Crippen molar-refractivity contribution in [3.63, 3.8) is 0 Å². The predicted octanol–water partition coefficient (Wildman–Crippen LogP) is 11.7. The van der Waals surface area contributed by atoms with Gasteiger partial charge in [0.2, 0.25) is 0 Å². The van der Waals surface area contributed by atoms with Crippen molar-refractivity contribution in [3.05, 3.63) is 12.2 Å². The number of aliphatic hydroxyl groups excluding tert-OH is 1. The van der Waals surface area contributed by atoms with E-state index in [9.17, 15) is 14.7 Å². The van der Waals surface area contributed by atoms with E-state index in [0.29, 0.717) is 12.8 Å². The van der Waals surface area contributed by atoms with Crippen molar-refractivity contribution in [2.45, 2.75) is 213 Å². The largest absolute Gasteiger partial charge is 0.463 e. The molecule has 0 aliphatic rings. The molecule has 0 fully saturated rings. The summed E-state index contributed by atoms with van der Waals surface area (Å²) in [4.78, 5) is 23.8. The Kier molecular flexibility index (Phi) is 35.0. The second-order valence-corrected chi connectivity index (χ2v) is 13.1. The summed E-state index contributed by atoms with van der Waals surface area (Å²) >= 11 is 0. The van der Waals surface area contributed by atoms with Crippen LogP contribution in [0.25, 0.3) is 0 Å². The van der Waals surface area contributed by atoms with E-state index in [1.807, 2.05) is 0 Å². The predicted molar refractivity (Wildman–Crippen MR) is 187 cm³/mol. The Morgan fingerprint density at radius 1 is 0.455 bits per heavy atom. The first-order chi connectivity index (χ1) is 21.6. The highest BCUT2D eigenvalue weighted by Crippen LogP contribution is 2.15. The molecule has 0 aliphatic heterocycles. The summed E-state index contributed by atoms with van der Waals surface area (Å²) in [7, 11) is 0. The number of allylic oxidation sites excluding steroid dienone is 2. The third-order valence-electron chi connectivity index (χ3n) is 8.50. The Morgan fingerprint density at radius 3 is 1.14 bits per heavy atom. The van der Waals surface area contributed by atoms with Gasteiger partial charge in [-0.05, 0) is 32.1 Å². The maximum Gasteiger partial charge on any atom is 0.305 e. The Labute approximate surface area is 273 Å². The summed E-state index contributed by atoms with van der Waals surface area (Å²) in [5, 5.41) is 9.98.